The van der Waals surface area contributed by atoms with Gasteiger partial charge in [0.1, 0.15) is 0 Å². The SMILES string of the molecule is COCCN(C)C(=O)CCCCCl. The fourth-order valence-electron chi connectivity index (χ4n) is 0.914. The van der Waals surface area contributed by atoms with Crippen molar-refractivity contribution in [3.8, 4) is 0 Å². The van der Waals surface area contributed by atoms with Crippen LogP contribution in [0.5, 0.6) is 0 Å². The smallest absolute Gasteiger partial charge is 0.222 e. The van der Waals surface area contributed by atoms with E-state index >= 15 is 0 Å². The first-order valence-electron chi connectivity index (χ1n) is 4.51. The lowest BCUT2D eigenvalue weighted by Crippen LogP contribution is -2.29. The summed E-state index contributed by atoms with van der Waals surface area (Å²) in [5, 5.41) is 0. The summed E-state index contributed by atoms with van der Waals surface area (Å²) in [6.45, 7) is 1.26. The minimum absolute atomic E-state index is 0.169. The van der Waals surface area contributed by atoms with E-state index in [9.17, 15) is 4.79 Å². The molecule has 0 aliphatic rings. The highest BCUT2D eigenvalue weighted by atomic mass is 35.5. The van der Waals surface area contributed by atoms with E-state index in [2.05, 4.69) is 0 Å². The number of methoxy groups -OCH3 is 1. The molecule has 0 heterocycles. The molecule has 4 heteroatoms. The third-order valence-electron chi connectivity index (χ3n) is 1.83. The third-order valence-corrected chi connectivity index (χ3v) is 2.10. The Balaban J connectivity index is 3.45. The number of alkyl halides is 1. The van der Waals surface area contributed by atoms with Crippen LogP contribution in [0.25, 0.3) is 0 Å². The summed E-state index contributed by atoms with van der Waals surface area (Å²) in [6, 6.07) is 0. The molecule has 0 aromatic rings. The van der Waals surface area contributed by atoms with Crippen molar-refractivity contribution >= 4 is 17.5 Å². The lowest BCUT2D eigenvalue weighted by molar-refractivity contribution is -0.130. The predicted molar refractivity (Wildman–Crippen MR) is 54.1 cm³/mol. The first-order chi connectivity index (χ1) is 6.22. The molecule has 0 bridgehead atoms. The molecule has 0 unspecified atom stereocenters. The molecule has 0 rings (SSSR count). The number of amides is 1. The molecule has 3 nitrogen and oxygen atoms in total. The van der Waals surface area contributed by atoms with Gasteiger partial charge in [-0.25, -0.2) is 0 Å². The molecule has 0 radical (unpaired) electrons. The number of carbonyl (C=O) groups is 1. The third kappa shape index (κ3) is 6.84. The van der Waals surface area contributed by atoms with Crippen LogP contribution in [-0.2, 0) is 9.53 Å². The quantitative estimate of drug-likeness (QED) is 0.468. The van der Waals surface area contributed by atoms with Gasteiger partial charge in [0.2, 0.25) is 5.91 Å². The molecule has 13 heavy (non-hydrogen) atoms. The van der Waals surface area contributed by atoms with Gasteiger partial charge in [0.25, 0.3) is 0 Å². The predicted octanol–water partition coefficient (Wildman–Crippen LogP) is 1.50. The fourth-order valence-corrected chi connectivity index (χ4v) is 1.10. The zero-order chi connectivity index (χ0) is 10.1. The zero-order valence-electron chi connectivity index (χ0n) is 8.38. The van der Waals surface area contributed by atoms with Crippen LogP contribution in [0.15, 0.2) is 0 Å². The lowest BCUT2D eigenvalue weighted by Gasteiger charge is -2.16. The Bertz CT molecular complexity index is 142. The lowest BCUT2D eigenvalue weighted by atomic mass is 10.2. The highest BCUT2D eigenvalue weighted by molar-refractivity contribution is 6.17. The van der Waals surface area contributed by atoms with Crippen LogP contribution in [0.1, 0.15) is 19.3 Å². The van der Waals surface area contributed by atoms with Crippen molar-refractivity contribution in [1.82, 2.24) is 4.90 Å². The highest BCUT2D eigenvalue weighted by Gasteiger charge is 2.06. The number of unbranched alkanes of at least 4 members (excludes halogenated alkanes) is 1. The van der Waals surface area contributed by atoms with Crippen molar-refractivity contribution in [2.24, 2.45) is 0 Å². The van der Waals surface area contributed by atoms with Crippen LogP contribution in [0, 0.1) is 0 Å². The van der Waals surface area contributed by atoms with Crippen molar-refractivity contribution in [3.63, 3.8) is 0 Å². The molecule has 0 fully saturated rings. The molecule has 0 aromatic heterocycles. The summed E-state index contributed by atoms with van der Waals surface area (Å²) in [5.41, 5.74) is 0. The number of nitrogens with zero attached hydrogens (tertiary/aromatic N) is 1. The van der Waals surface area contributed by atoms with Gasteiger partial charge in [0, 0.05) is 33.0 Å². The summed E-state index contributed by atoms with van der Waals surface area (Å²) in [4.78, 5) is 13.0. The van der Waals surface area contributed by atoms with Gasteiger partial charge in [-0.1, -0.05) is 0 Å². The number of likely N-dealkylation sites (N-methyl/N-ethyl adjacent to an activating group) is 1. The zero-order valence-corrected chi connectivity index (χ0v) is 9.14. The van der Waals surface area contributed by atoms with Gasteiger partial charge in [-0.15, -0.1) is 11.6 Å². The minimum atomic E-state index is 0.169. The monoisotopic (exact) mass is 207 g/mol. The molecule has 0 spiro atoms. The van der Waals surface area contributed by atoms with Crippen LogP contribution in [-0.4, -0.2) is 44.0 Å². The van der Waals surface area contributed by atoms with E-state index in [1.54, 1.807) is 19.1 Å². The van der Waals surface area contributed by atoms with E-state index in [1.807, 2.05) is 0 Å². The number of carbonyl (C=O) groups excluding carboxylic acids is 1. The second-order valence-electron chi connectivity index (χ2n) is 2.95. The molecular weight excluding hydrogens is 190 g/mol. The average Bonchev–Trinajstić information content (AvgIpc) is 2.14. The molecule has 0 saturated carbocycles. The Labute approximate surface area is 85.0 Å². The van der Waals surface area contributed by atoms with Crippen molar-refractivity contribution in [2.75, 3.05) is 33.2 Å². The maximum atomic E-state index is 11.4. The maximum Gasteiger partial charge on any atom is 0.222 e. The summed E-state index contributed by atoms with van der Waals surface area (Å²) >= 11 is 5.50. The largest absolute Gasteiger partial charge is 0.383 e. The van der Waals surface area contributed by atoms with Crippen molar-refractivity contribution in [3.05, 3.63) is 0 Å². The molecule has 0 aliphatic heterocycles. The summed E-state index contributed by atoms with van der Waals surface area (Å²) in [7, 11) is 3.42. The van der Waals surface area contributed by atoms with E-state index < -0.39 is 0 Å². The maximum absolute atomic E-state index is 11.4. The first kappa shape index (κ1) is 12.7. The van der Waals surface area contributed by atoms with Crippen molar-refractivity contribution < 1.29 is 9.53 Å². The fraction of sp³-hybridized carbons (Fsp3) is 0.889. The molecule has 0 saturated heterocycles. The molecule has 0 N–H and O–H groups in total. The molecule has 1 amide bonds. The van der Waals surface area contributed by atoms with Crippen LogP contribution in [0.3, 0.4) is 0 Å². The topological polar surface area (TPSA) is 29.5 Å². The van der Waals surface area contributed by atoms with Gasteiger partial charge in [-0.2, -0.15) is 0 Å². The number of rotatable bonds is 7. The Morgan fingerprint density at radius 1 is 1.46 bits per heavy atom. The van der Waals surface area contributed by atoms with Crippen molar-refractivity contribution in [1.29, 1.82) is 0 Å². The van der Waals surface area contributed by atoms with Crippen LogP contribution in [0.2, 0.25) is 0 Å². The Morgan fingerprint density at radius 2 is 2.15 bits per heavy atom. The first-order valence-corrected chi connectivity index (χ1v) is 5.04. The number of hydrogen-bond acceptors (Lipinski definition) is 2. The van der Waals surface area contributed by atoms with Crippen molar-refractivity contribution in [2.45, 2.75) is 19.3 Å². The average molecular weight is 208 g/mol. The summed E-state index contributed by atoms with van der Waals surface area (Å²) < 4.78 is 4.87. The van der Waals surface area contributed by atoms with Gasteiger partial charge >= 0.3 is 0 Å². The highest BCUT2D eigenvalue weighted by Crippen LogP contribution is 2.00. The van der Waals surface area contributed by atoms with E-state index in [1.165, 1.54) is 0 Å². The van der Waals surface area contributed by atoms with Gasteiger partial charge in [-0.05, 0) is 12.8 Å². The Hall–Kier alpha value is -0.280. The Morgan fingerprint density at radius 3 is 2.69 bits per heavy atom. The summed E-state index contributed by atoms with van der Waals surface area (Å²) in [5.74, 6) is 0.803. The number of ether oxygens (including phenoxy) is 1. The van der Waals surface area contributed by atoms with E-state index in [0.29, 0.717) is 25.5 Å². The molecular formula is C9H18ClNO2. The van der Waals surface area contributed by atoms with Gasteiger partial charge in [-0.3, -0.25) is 4.79 Å². The number of halogens is 1. The van der Waals surface area contributed by atoms with E-state index in [0.717, 1.165) is 12.8 Å². The molecule has 0 atom stereocenters. The second kappa shape index (κ2) is 8.32. The van der Waals surface area contributed by atoms with Gasteiger partial charge < -0.3 is 9.64 Å². The summed E-state index contributed by atoms with van der Waals surface area (Å²) in [6.07, 6.45) is 2.37. The van der Waals surface area contributed by atoms with E-state index in [-0.39, 0.29) is 5.91 Å². The second-order valence-corrected chi connectivity index (χ2v) is 3.33. The van der Waals surface area contributed by atoms with Crippen LogP contribution >= 0.6 is 11.6 Å². The van der Waals surface area contributed by atoms with Crippen LogP contribution in [0.4, 0.5) is 0 Å². The normalized spacial score (nSPS) is 10.1. The molecule has 0 aromatic carbocycles. The number of hydrogen-bond donors (Lipinski definition) is 0. The standard InChI is InChI=1S/C9H18ClNO2/c1-11(7-8-13-2)9(12)5-3-4-6-10/h3-8H2,1-2H3. The Kier molecular flexibility index (Phi) is 8.14. The van der Waals surface area contributed by atoms with Crippen LogP contribution < -0.4 is 0 Å². The molecule has 78 valence electrons. The minimum Gasteiger partial charge on any atom is -0.383 e. The molecule has 0 aliphatic carbocycles. The van der Waals surface area contributed by atoms with E-state index in [4.69, 9.17) is 16.3 Å². The van der Waals surface area contributed by atoms with Gasteiger partial charge in [0.05, 0.1) is 6.61 Å². The van der Waals surface area contributed by atoms with Gasteiger partial charge in [0.15, 0.2) is 0 Å².